The number of H-pyrrole nitrogens is 1. The molecule has 0 saturated carbocycles. The standard InChI is InChI=1S/C19H20ClN3O3/c1-11-8-12(2)22-19(26)15(11)10-21-18(25)14-6-5-13(20)9-16(14)23-7-3-4-17(23)24/h5-6,8-9H,3-4,7,10H2,1-2H3,(H,21,25)(H,22,26). The Labute approximate surface area is 156 Å². The van der Waals surface area contributed by atoms with Crippen LogP contribution in [0, 0.1) is 13.8 Å². The third-order valence-electron chi connectivity index (χ3n) is 4.49. The lowest BCUT2D eigenvalue weighted by Crippen LogP contribution is -2.31. The molecule has 26 heavy (non-hydrogen) atoms. The third-order valence-corrected chi connectivity index (χ3v) is 4.72. The Morgan fingerprint density at radius 3 is 2.69 bits per heavy atom. The van der Waals surface area contributed by atoms with Gasteiger partial charge in [-0.15, -0.1) is 0 Å². The molecule has 136 valence electrons. The van der Waals surface area contributed by atoms with Gasteiger partial charge in [-0.3, -0.25) is 14.4 Å². The zero-order chi connectivity index (χ0) is 18.8. The summed E-state index contributed by atoms with van der Waals surface area (Å²) in [5, 5.41) is 3.23. The van der Waals surface area contributed by atoms with Crippen molar-refractivity contribution in [3.63, 3.8) is 0 Å². The molecule has 0 atom stereocenters. The van der Waals surface area contributed by atoms with Crippen molar-refractivity contribution in [3.05, 3.63) is 62.0 Å². The number of benzene rings is 1. The van der Waals surface area contributed by atoms with E-state index in [1.54, 1.807) is 23.1 Å². The van der Waals surface area contributed by atoms with Crippen molar-refractivity contribution >= 4 is 29.1 Å². The molecule has 1 fully saturated rings. The molecule has 1 aromatic carbocycles. The van der Waals surface area contributed by atoms with Gasteiger partial charge in [0.05, 0.1) is 11.3 Å². The molecule has 2 heterocycles. The molecule has 2 amide bonds. The molecular formula is C19H20ClN3O3. The molecule has 1 aliphatic rings. The van der Waals surface area contributed by atoms with Gasteiger partial charge in [0, 0.05) is 35.8 Å². The Morgan fingerprint density at radius 1 is 1.27 bits per heavy atom. The quantitative estimate of drug-likeness (QED) is 0.864. The van der Waals surface area contributed by atoms with E-state index in [1.807, 2.05) is 19.9 Å². The maximum absolute atomic E-state index is 12.7. The Balaban J connectivity index is 1.85. The number of aryl methyl sites for hydroxylation is 2. The number of nitrogens with one attached hydrogen (secondary N) is 2. The van der Waals surface area contributed by atoms with Gasteiger partial charge in [-0.25, -0.2) is 0 Å². The molecule has 7 heteroatoms. The lowest BCUT2D eigenvalue weighted by molar-refractivity contribution is -0.117. The van der Waals surface area contributed by atoms with Gasteiger partial charge >= 0.3 is 0 Å². The van der Waals surface area contributed by atoms with E-state index in [9.17, 15) is 14.4 Å². The summed E-state index contributed by atoms with van der Waals surface area (Å²) in [4.78, 5) is 41.2. The Morgan fingerprint density at radius 2 is 2.04 bits per heavy atom. The molecule has 0 spiro atoms. The monoisotopic (exact) mass is 373 g/mol. The topological polar surface area (TPSA) is 82.3 Å². The average molecular weight is 374 g/mol. The number of carbonyl (C=O) groups excluding carboxylic acids is 2. The van der Waals surface area contributed by atoms with E-state index in [2.05, 4.69) is 10.3 Å². The highest BCUT2D eigenvalue weighted by atomic mass is 35.5. The summed E-state index contributed by atoms with van der Waals surface area (Å²) in [5.74, 6) is -0.372. The minimum Gasteiger partial charge on any atom is -0.348 e. The van der Waals surface area contributed by atoms with Crippen LogP contribution in [0.2, 0.25) is 5.02 Å². The van der Waals surface area contributed by atoms with Crippen molar-refractivity contribution in [2.45, 2.75) is 33.2 Å². The van der Waals surface area contributed by atoms with Crippen LogP contribution in [0.1, 0.15) is 40.0 Å². The van der Waals surface area contributed by atoms with Gasteiger partial charge in [0.15, 0.2) is 0 Å². The summed E-state index contributed by atoms with van der Waals surface area (Å²) in [7, 11) is 0. The normalized spacial score (nSPS) is 14.0. The molecule has 0 unspecified atom stereocenters. The number of aromatic nitrogens is 1. The van der Waals surface area contributed by atoms with Crippen LogP contribution in [0.3, 0.4) is 0 Å². The second kappa shape index (κ2) is 7.33. The van der Waals surface area contributed by atoms with Crippen LogP contribution in [-0.4, -0.2) is 23.3 Å². The highest BCUT2D eigenvalue weighted by molar-refractivity contribution is 6.31. The fraction of sp³-hybridized carbons (Fsp3) is 0.316. The van der Waals surface area contributed by atoms with Crippen molar-refractivity contribution in [2.75, 3.05) is 11.4 Å². The van der Waals surface area contributed by atoms with E-state index in [0.29, 0.717) is 34.8 Å². The van der Waals surface area contributed by atoms with E-state index in [0.717, 1.165) is 17.7 Å². The molecule has 3 rings (SSSR count). The molecule has 2 N–H and O–H groups in total. The summed E-state index contributed by atoms with van der Waals surface area (Å²) >= 11 is 6.06. The molecule has 1 saturated heterocycles. The second-order valence-electron chi connectivity index (χ2n) is 6.44. The molecule has 0 bridgehead atoms. The van der Waals surface area contributed by atoms with Gasteiger partial charge in [0.1, 0.15) is 0 Å². The molecule has 1 aliphatic heterocycles. The average Bonchev–Trinajstić information content (AvgIpc) is 2.99. The summed E-state index contributed by atoms with van der Waals surface area (Å²) in [6, 6.07) is 6.71. The van der Waals surface area contributed by atoms with Crippen molar-refractivity contribution in [1.29, 1.82) is 0 Å². The summed E-state index contributed by atoms with van der Waals surface area (Å²) in [6.45, 7) is 4.32. The first-order valence-electron chi connectivity index (χ1n) is 8.44. The maximum Gasteiger partial charge on any atom is 0.253 e. The molecule has 0 radical (unpaired) electrons. The minimum atomic E-state index is -0.351. The number of amides is 2. The largest absolute Gasteiger partial charge is 0.348 e. The second-order valence-corrected chi connectivity index (χ2v) is 6.87. The molecule has 0 aliphatic carbocycles. The highest BCUT2D eigenvalue weighted by Crippen LogP contribution is 2.28. The number of hydrogen-bond donors (Lipinski definition) is 2. The van der Waals surface area contributed by atoms with Crippen molar-refractivity contribution < 1.29 is 9.59 Å². The number of hydrogen-bond acceptors (Lipinski definition) is 3. The van der Waals surface area contributed by atoms with Gasteiger partial charge in [0.2, 0.25) is 5.91 Å². The zero-order valence-corrected chi connectivity index (χ0v) is 15.4. The summed E-state index contributed by atoms with van der Waals surface area (Å²) < 4.78 is 0. The van der Waals surface area contributed by atoms with Crippen molar-refractivity contribution in [1.82, 2.24) is 10.3 Å². The SMILES string of the molecule is Cc1cc(C)c(CNC(=O)c2ccc(Cl)cc2N2CCCC2=O)c(=O)[nH]1. The van der Waals surface area contributed by atoms with E-state index in [4.69, 9.17) is 11.6 Å². The maximum atomic E-state index is 12.7. The first-order chi connectivity index (χ1) is 12.4. The minimum absolute atomic E-state index is 0.0212. The number of anilines is 1. The third kappa shape index (κ3) is 3.65. The predicted octanol–water partition coefficient (Wildman–Crippen LogP) is 2.70. The fourth-order valence-electron chi connectivity index (χ4n) is 3.19. The van der Waals surface area contributed by atoms with E-state index >= 15 is 0 Å². The van der Waals surface area contributed by atoms with Gasteiger partial charge in [-0.2, -0.15) is 0 Å². The molecule has 6 nitrogen and oxygen atoms in total. The van der Waals surface area contributed by atoms with Crippen molar-refractivity contribution in [2.24, 2.45) is 0 Å². The molecule has 2 aromatic rings. The molecular weight excluding hydrogens is 354 g/mol. The van der Waals surface area contributed by atoms with Crippen LogP contribution in [-0.2, 0) is 11.3 Å². The van der Waals surface area contributed by atoms with Gasteiger partial charge in [-0.05, 0) is 50.1 Å². The molecule has 1 aromatic heterocycles. The highest BCUT2D eigenvalue weighted by Gasteiger charge is 2.26. The van der Waals surface area contributed by atoms with Gasteiger partial charge in [-0.1, -0.05) is 11.6 Å². The van der Waals surface area contributed by atoms with Crippen LogP contribution in [0.5, 0.6) is 0 Å². The smallest absolute Gasteiger partial charge is 0.253 e. The van der Waals surface area contributed by atoms with E-state index in [1.165, 1.54) is 0 Å². The Kier molecular flexibility index (Phi) is 5.13. The van der Waals surface area contributed by atoms with Crippen LogP contribution in [0.4, 0.5) is 5.69 Å². The van der Waals surface area contributed by atoms with Crippen LogP contribution in [0.25, 0.3) is 0 Å². The number of nitrogens with zero attached hydrogens (tertiary/aromatic N) is 1. The number of halogens is 1. The number of pyridine rings is 1. The predicted molar refractivity (Wildman–Crippen MR) is 101 cm³/mol. The Hall–Kier alpha value is -2.60. The number of carbonyl (C=O) groups is 2. The first kappa shape index (κ1) is 18.2. The number of aromatic amines is 1. The van der Waals surface area contributed by atoms with E-state index < -0.39 is 0 Å². The van der Waals surface area contributed by atoms with Crippen molar-refractivity contribution in [3.8, 4) is 0 Å². The lowest BCUT2D eigenvalue weighted by atomic mass is 10.1. The van der Waals surface area contributed by atoms with Crippen LogP contribution < -0.4 is 15.8 Å². The summed E-state index contributed by atoms with van der Waals surface area (Å²) in [5.41, 5.74) is 2.76. The van der Waals surface area contributed by atoms with Gasteiger partial charge in [0.25, 0.3) is 11.5 Å². The van der Waals surface area contributed by atoms with Crippen LogP contribution in [0.15, 0.2) is 29.1 Å². The first-order valence-corrected chi connectivity index (χ1v) is 8.82. The van der Waals surface area contributed by atoms with E-state index in [-0.39, 0.29) is 23.9 Å². The zero-order valence-electron chi connectivity index (χ0n) is 14.7. The summed E-state index contributed by atoms with van der Waals surface area (Å²) in [6.07, 6.45) is 1.22. The Bertz CT molecular complexity index is 936. The van der Waals surface area contributed by atoms with Crippen LogP contribution >= 0.6 is 11.6 Å². The fourth-order valence-corrected chi connectivity index (χ4v) is 3.35. The number of rotatable bonds is 4. The lowest BCUT2D eigenvalue weighted by Gasteiger charge is -2.20. The van der Waals surface area contributed by atoms with Gasteiger partial charge < -0.3 is 15.2 Å².